The molecule has 1 N–H and O–H groups in total. The Kier molecular flexibility index (Phi) is 8.57. The molecule has 1 saturated heterocycles. The first-order valence-corrected chi connectivity index (χ1v) is 9.31. The van der Waals surface area contributed by atoms with Gasteiger partial charge in [0.05, 0.1) is 6.61 Å². The highest BCUT2D eigenvalue weighted by Crippen LogP contribution is 2.17. The Bertz CT molecular complexity index is 439. The number of nitrogens with one attached hydrogen (secondary N) is 1. The van der Waals surface area contributed by atoms with Gasteiger partial charge in [0.25, 0.3) is 0 Å². The second-order valence-electron chi connectivity index (χ2n) is 7.27. The third-order valence-electron chi connectivity index (χ3n) is 4.55. The molecule has 0 spiro atoms. The number of rotatable bonds is 10. The van der Waals surface area contributed by atoms with E-state index in [0.29, 0.717) is 5.92 Å². The van der Waals surface area contributed by atoms with Crippen LogP contribution in [0.4, 0.5) is 0 Å². The Morgan fingerprint density at radius 1 is 1.17 bits per heavy atom. The van der Waals surface area contributed by atoms with Gasteiger partial charge in [-0.3, -0.25) is 0 Å². The fraction of sp³-hybridized carbons (Fsp3) is 0.700. The lowest BCUT2D eigenvalue weighted by Crippen LogP contribution is -2.39. The van der Waals surface area contributed by atoms with Gasteiger partial charge in [-0.2, -0.15) is 0 Å². The standard InChI is InChI=1S/C20H34N2O2/c1-17(2)15-24-20-6-4-18(5-7-20)14-21-10-13-22-11-8-19(9-12-22)16-23-3/h4-7,17,19,21H,8-16H2,1-3H3. The van der Waals surface area contributed by atoms with Gasteiger partial charge in [0, 0.05) is 33.4 Å². The van der Waals surface area contributed by atoms with Crippen LogP contribution in [0, 0.1) is 11.8 Å². The Balaban J connectivity index is 1.57. The minimum atomic E-state index is 0.561. The van der Waals surface area contributed by atoms with E-state index >= 15 is 0 Å². The fourth-order valence-corrected chi connectivity index (χ4v) is 3.05. The lowest BCUT2D eigenvalue weighted by atomic mass is 9.98. The molecule has 0 saturated carbocycles. The van der Waals surface area contributed by atoms with Gasteiger partial charge >= 0.3 is 0 Å². The molecule has 1 aromatic carbocycles. The summed E-state index contributed by atoms with van der Waals surface area (Å²) in [5.74, 6) is 2.29. The van der Waals surface area contributed by atoms with Crippen LogP contribution in [0.1, 0.15) is 32.3 Å². The zero-order chi connectivity index (χ0) is 17.2. The molecular formula is C20H34N2O2. The molecule has 0 aromatic heterocycles. The van der Waals surface area contributed by atoms with Crippen molar-refractivity contribution in [3.05, 3.63) is 29.8 Å². The number of hydrogen-bond acceptors (Lipinski definition) is 4. The molecule has 4 nitrogen and oxygen atoms in total. The average molecular weight is 335 g/mol. The number of nitrogens with zero attached hydrogens (tertiary/aromatic N) is 1. The predicted molar refractivity (Wildman–Crippen MR) is 99.5 cm³/mol. The summed E-state index contributed by atoms with van der Waals surface area (Å²) in [5, 5.41) is 3.55. The van der Waals surface area contributed by atoms with E-state index in [0.717, 1.165) is 44.5 Å². The lowest BCUT2D eigenvalue weighted by molar-refractivity contribution is 0.0998. The Morgan fingerprint density at radius 3 is 2.50 bits per heavy atom. The summed E-state index contributed by atoms with van der Waals surface area (Å²) in [7, 11) is 1.80. The topological polar surface area (TPSA) is 33.7 Å². The van der Waals surface area contributed by atoms with Crippen molar-refractivity contribution < 1.29 is 9.47 Å². The summed E-state index contributed by atoms with van der Waals surface area (Å²) in [6.07, 6.45) is 2.54. The average Bonchev–Trinajstić information content (AvgIpc) is 2.59. The van der Waals surface area contributed by atoms with Crippen molar-refractivity contribution in [1.82, 2.24) is 10.2 Å². The Hall–Kier alpha value is -1.10. The van der Waals surface area contributed by atoms with Gasteiger partial charge in [0.15, 0.2) is 0 Å². The van der Waals surface area contributed by atoms with Crippen LogP contribution in [0.2, 0.25) is 0 Å². The zero-order valence-electron chi connectivity index (χ0n) is 15.6. The van der Waals surface area contributed by atoms with Crippen molar-refractivity contribution in [3.63, 3.8) is 0 Å². The monoisotopic (exact) mass is 334 g/mol. The molecule has 0 amide bonds. The van der Waals surface area contributed by atoms with Crippen LogP contribution in [0.5, 0.6) is 5.75 Å². The van der Waals surface area contributed by atoms with Crippen LogP contribution >= 0.6 is 0 Å². The van der Waals surface area contributed by atoms with Crippen molar-refractivity contribution in [3.8, 4) is 5.75 Å². The lowest BCUT2D eigenvalue weighted by Gasteiger charge is -2.31. The van der Waals surface area contributed by atoms with Crippen LogP contribution in [0.25, 0.3) is 0 Å². The van der Waals surface area contributed by atoms with Crippen LogP contribution in [-0.2, 0) is 11.3 Å². The molecule has 0 aliphatic carbocycles. The van der Waals surface area contributed by atoms with Gasteiger partial charge in [0.2, 0.25) is 0 Å². The van der Waals surface area contributed by atoms with Crippen LogP contribution in [-0.4, -0.2) is 51.4 Å². The molecular weight excluding hydrogens is 300 g/mol. The zero-order valence-corrected chi connectivity index (χ0v) is 15.6. The van der Waals surface area contributed by atoms with Crippen molar-refractivity contribution in [1.29, 1.82) is 0 Å². The van der Waals surface area contributed by atoms with Gasteiger partial charge < -0.3 is 19.7 Å². The first-order valence-electron chi connectivity index (χ1n) is 9.31. The summed E-state index contributed by atoms with van der Waals surface area (Å²) in [6, 6.07) is 8.44. The van der Waals surface area contributed by atoms with E-state index in [1.807, 2.05) is 0 Å². The summed E-state index contributed by atoms with van der Waals surface area (Å²) in [5.41, 5.74) is 1.31. The SMILES string of the molecule is COCC1CCN(CCNCc2ccc(OCC(C)C)cc2)CC1. The molecule has 1 fully saturated rings. The minimum absolute atomic E-state index is 0.561. The highest BCUT2D eigenvalue weighted by Gasteiger charge is 2.18. The number of likely N-dealkylation sites (tertiary alicyclic amines) is 1. The normalized spacial score (nSPS) is 16.7. The van der Waals surface area contributed by atoms with Crippen molar-refractivity contribution in [2.24, 2.45) is 11.8 Å². The van der Waals surface area contributed by atoms with E-state index in [1.165, 1.54) is 31.5 Å². The first kappa shape index (κ1) is 19.2. The maximum Gasteiger partial charge on any atom is 0.119 e. The fourth-order valence-electron chi connectivity index (χ4n) is 3.05. The second kappa shape index (κ2) is 10.7. The van der Waals surface area contributed by atoms with Gasteiger partial charge in [-0.1, -0.05) is 26.0 Å². The van der Waals surface area contributed by atoms with Gasteiger partial charge in [0.1, 0.15) is 5.75 Å². The van der Waals surface area contributed by atoms with E-state index in [2.05, 4.69) is 48.3 Å². The molecule has 0 radical (unpaired) electrons. The number of methoxy groups -OCH3 is 1. The van der Waals surface area contributed by atoms with Crippen molar-refractivity contribution in [2.45, 2.75) is 33.2 Å². The number of benzene rings is 1. The van der Waals surface area contributed by atoms with E-state index in [4.69, 9.17) is 9.47 Å². The van der Waals surface area contributed by atoms with Gasteiger partial charge in [-0.05, 0) is 55.5 Å². The first-order chi connectivity index (χ1) is 11.7. The molecule has 1 aliphatic rings. The summed E-state index contributed by atoms with van der Waals surface area (Å²) >= 11 is 0. The maximum atomic E-state index is 5.72. The second-order valence-corrected chi connectivity index (χ2v) is 7.27. The van der Waals surface area contributed by atoms with E-state index in [9.17, 15) is 0 Å². The molecule has 1 aromatic rings. The van der Waals surface area contributed by atoms with Crippen LogP contribution in [0.3, 0.4) is 0 Å². The molecule has 136 valence electrons. The maximum absolute atomic E-state index is 5.72. The summed E-state index contributed by atoms with van der Waals surface area (Å²) < 4.78 is 11.0. The van der Waals surface area contributed by atoms with Crippen molar-refractivity contribution in [2.75, 3.05) is 46.5 Å². The smallest absolute Gasteiger partial charge is 0.119 e. The Morgan fingerprint density at radius 2 is 1.88 bits per heavy atom. The molecule has 1 aliphatic heterocycles. The molecule has 0 atom stereocenters. The van der Waals surface area contributed by atoms with Gasteiger partial charge in [-0.15, -0.1) is 0 Å². The number of ether oxygens (including phenoxy) is 2. The predicted octanol–water partition coefficient (Wildman–Crippen LogP) is 3.17. The summed E-state index contributed by atoms with van der Waals surface area (Å²) in [6.45, 7) is 11.5. The molecule has 0 bridgehead atoms. The third kappa shape index (κ3) is 7.20. The minimum Gasteiger partial charge on any atom is -0.493 e. The van der Waals surface area contributed by atoms with Crippen LogP contribution < -0.4 is 10.1 Å². The highest BCUT2D eigenvalue weighted by molar-refractivity contribution is 5.27. The molecule has 4 heteroatoms. The van der Waals surface area contributed by atoms with Crippen LogP contribution in [0.15, 0.2) is 24.3 Å². The van der Waals surface area contributed by atoms with E-state index in [-0.39, 0.29) is 0 Å². The molecule has 0 unspecified atom stereocenters. The molecule has 2 rings (SSSR count). The quantitative estimate of drug-likeness (QED) is 0.667. The highest BCUT2D eigenvalue weighted by atomic mass is 16.5. The number of hydrogen-bond donors (Lipinski definition) is 1. The van der Waals surface area contributed by atoms with E-state index in [1.54, 1.807) is 7.11 Å². The Labute approximate surface area is 147 Å². The third-order valence-corrected chi connectivity index (χ3v) is 4.55. The van der Waals surface area contributed by atoms with Gasteiger partial charge in [-0.25, -0.2) is 0 Å². The largest absolute Gasteiger partial charge is 0.493 e. The summed E-state index contributed by atoms with van der Waals surface area (Å²) in [4.78, 5) is 2.56. The number of piperidine rings is 1. The van der Waals surface area contributed by atoms with Crippen molar-refractivity contribution >= 4 is 0 Å². The molecule has 1 heterocycles. The molecule has 24 heavy (non-hydrogen) atoms. The van der Waals surface area contributed by atoms with E-state index < -0.39 is 0 Å².